The Kier molecular flexibility index (Phi) is 56.0. The number of allylic oxidation sites excluding steroid dienone is 2. The molecule has 398 valence electrons. The smallest absolute Gasteiger partial charge is 0.305 e. The summed E-state index contributed by atoms with van der Waals surface area (Å²) in [6.45, 7) is 4.90. The number of hydrogen-bond acceptors (Lipinski definition) is 5. The van der Waals surface area contributed by atoms with Crippen molar-refractivity contribution in [2.24, 2.45) is 0 Å². The number of rotatable bonds is 57. The zero-order chi connectivity index (χ0) is 48.6. The van der Waals surface area contributed by atoms with E-state index < -0.39 is 12.1 Å². The highest BCUT2D eigenvalue weighted by Gasteiger charge is 2.20. The molecule has 0 aromatic heterocycles. The first-order valence-corrected chi connectivity index (χ1v) is 30.4. The number of aliphatic hydroxyl groups excluding tert-OH is 2. The molecule has 0 aliphatic heterocycles. The number of nitrogens with one attached hydrogen (secondary N) is 1. The topological polar surface area (TPSA) is 95.9 Å². The Morgan fingerprint density at radius 1 is 0.403 bits per heavy atom. The van der Waals surface area contributed by atoms with Gasteiger partial charge >= 0.3 is 5.97 Å². The van der Waals surface area contributed by atoms with E-state index in [0.717, 1.165) is 70.6 Å². The number of aliphatic hydroxyl groups is 2. The van der Waals surface area contributed by atoms with E-state index in [0.29, 0.717) is 25.9 Å². The summed E-state index contributed by atoms with van der Waals surface area (Å²) in [5.74, 6) is -0.121. The highest BCUT2D eigenvalue weighted by molar-refractivity contribution is 5.76. The van der Waals surface area contributed by atoms with Gasteiger partial charge in [-0.3, -0.25) is 9.59 Å². The first-order chi connectivity index (χ1) is 33.0. The van der Waals surface area contributed by atoms with Crippen molar-refractivity contribution in [3.05, 3.63) is 12.2 Å². The number of unbranched alkanes of at least 4 members (excludes halogenated alkanes) is 44. The Balaban J connectivity index is 3.48. The van der Waals surface area contributed by atoms with Gasteiger partial charge in [0, 0.05) is 12.8 Å². The average molecular weight is 947 g/mol. The lowest BCUT2D eigenvalue weighted by molar-refractivity contribution is -0.143. The molecule has 3 N–H and O–H groups in total. The van der Waals surface area contributed by atoms with Crippen molar-refractivity contribution in [1.29, 1.82) is 0 Å². The fourth-order valence-corrected chi connectivity index (χ4v) is 9.65. The van der Waals surface area contributed by atoms with Gasteiger partial charge in [-0.2, -0.15) is 0 Å². The van der Waals surface area contributed by atoms with E-state index in [-0.39, 0.29) is 18.5 Å². The molecule has 0 heterocycles. The zero-order valence-electron chi connectivity index (χ0n) is 45.4. The van der Waals surface area contributed by atoms with E-state index >= 15 is 0 Å². The lowest BCUT2D eigenvalue weighted by Gasteiger charge is -2.22. The molecule has 0 bridgehead atoms. The molecule has 6 nitrogen and oxygen atoms in total. The number of ether oxygens (including phenoxy) is 1. The molecule has 0 radical (unpaired) electrons. The Bertz CT molecular complexity index is 1000. The summed E-state index contributed by atoms with van der Waals surface area (Å²) in [6, 6.07) is -0.579. The summed E-state index contributed by atoms with van der Waals surface area (Å²) < 4.78 is 5.46. The maximum Gasteiger partial charge on any atom is 0.305 e. The molecule has 2 atom stereocenters. The van der Waals surface area contributed by atoms with E-state index in [9.17, 15) is 19.8 Å². The Morgan fingerprint density at radius 2 is 0.716 bits per heavy atom. The molecule has 0 aromatic rings. The van der Waals surface area contributed by atoms with E-state index in [1.807, 2.05) is 0 Å². The molecule has 0 fully saturated rings. The average Bonchev–Trinajstić information content (AvgIpc) is 3.33. The van der Waals surface area contributed by atoms with E-state index in [2.05, 4.69) is 31.3 Å². The minimum atomic E-state index is -0.695. The van der Waals surface area contributed by atoms with Gasteiger partial charge in [-0.15, -0.1) is 0 Å². The molecule has 0 spiro atoms. The summed E-state index contributed by atoms with van der Waals surface area (Å²) in [5, 5.41) is 23.3. The van der Waals surface area contributed by atoms with Crippen molar-refractivity contribution in [3.63, 3.8) is 0 Å². The molecule has 6 heteroatoms. The summed E-state index contributed by atoms with van der Waals surface area (Å²) in [5.41, 5.74) is 0. The summed E-state index contributed by atoms with van der Waals surface area (Å²) in [7, 11) is 0. The van der Waals surface area contributed by atoms with Crippen molar-refractivity contribution in [1.82, 2.24) is 5.32 Å². The lowest BCUT2D eigenvalue weighted by Crippen LogP contribution is -2.45. The Morgan fingerprint density at radius 3 is 1.09 bits per heavy atom. The second-order valence-electron chi connectivity index (χ2n) is 21.0. The maximum atomic E-state index is 12.5. The van der Waals surface area contributed by atoms with Gasteiger partial charge in [-0.05, 0) is 44.9 Å². The number of esters is 1. The van der Waals surface area contributed by atoms with E-state index in [4.69, 9.17) is 4.74 Å². The summed E-state index contributed by atoms with van der Waals surface area (Å²) in [6.07, 6.45) is 68.0. The predicted molar refractivity (Wildman–Crippen MR) is 292 cm³/mol. The van der Waals surface area contributed by atoms with Crippen LogP contribution in [0.3, 0.4) is 0 Å². The van der Waals surface area contributed by atoms with Crippen LogP contribution in [0.2, 0.25) is 0 Å². The van der Waals surface area contributed by atoms with Crippen LogP contribution < -0.4 is 5.32 Å². The van der Waals surface area contributed by atoms with Gasteiger partial charge < -0.3 is 20.3 Å². The van der Waals surface area contributed by atoms with Crippen molar-refractivity contribution < 1.29 is 24.5 Å². The van der Waals surface area contributed by atoms with Crippen molar-refractivity contribution in [3.8, 4) is 0 Å². The molecule has 0 saturated heterocycles. The largest absolute Gasteiger partial charge is 0.466 e. The van der Waals surface area contributed by atoms with Gasteiger partial charge in [0.25, 0.3) is 0 Å². The maximum absolute atomic E-state index is 12.5. The quantitative estimate of drug-likeness (QED) is 0.0321. The fourth-order valence-electron chi connectivity index (χ4n) is 9.65. The summed E-state index contributed by atoms with van der Waals surface area (Å²) in [4.78, 5) is 24.6. The molecule has 0 aromatic carbocycles. The van der Waals surface area contributed by atoms with Crippen molar-refractivity contribution in [2.75, 3.05) is 13.2 Å². The molecule has 2 unspecified atom stereocenters. The zero-order valence-corrected chi connectivity index (χ0v) is 45.4. The second-order valence-corrected chi connectivity index (χ2v) is 21.0. The van der Waals surface area contributed by atoms with Crippen LogP contribution in [0, 0.1) is 0 Å². The van der Waals surface area contributed by atoms with Gasteiger partial charge in [-0.1, -0.05) is 296 Å². The van der Waals surface area contributed by atoms with Crippen LogP contribution >= 0.6 is 0 Å². The third-order valence-corrected chi connectivity index (χ3v) is 14.3. The SMILES string of the molecule is CCCCCCCCCCCCCCCCCCCCCCCCCCCC(O)C(CO)NC(=O)CCC/C=C\CCCCCCOC(=O)CCCCCCCCCCCCCCCCCC. The highest BCUT2D eigenvalue weighted by Crippen LogP contribution is 2.18. The third-order valence-electron chi connectivity index (χ3n) is 14.3. The number of carbonyl (C=O) groups excluding carboxylic acids is 2. The minimum absolute atomic E-state index is 0.0307. The molecule has 0 aliphatic carbocycles. The number of amides is 1. The van der Waals surface area contributed by atoms with Crippen molar-refractivity contribution in [2.45, 2.75) is 353 Å². The van der Waals surface area contributed by atoms with Gasteiger partial charge in [0.2, 0.25) is 5.91 Å². The molecular formula is C61H119NO5. The van der Waals surface area contributed by atoms with E-state index in [1.54, 1.807) is 0 Å². The highest BCUT2D eigenvalue weighted by atomic mass is 16.5. The van der Waals surface area contributed by atoms with Gasteiger partial charge in [0.05, 0.1) is 25.4 Å². The normalized spacial score (nSPS) is 12.6. The summed E-state index contributed by atoms with van der Waals surface area (Å²) >= 11 is 0. The van der Waals surface area contributed by atoms with Crippen LogP contribution in [0.15, 0.2) is 12.2 Å². The van der Waals surface area contributed by atoms with Crippen LogP contribution in [0.4, 0.5) is 0 Å². The molecule has 0 aliphatic rings. The monoisotopic (exact) mass is 946 g/mol. The van der Waals surface area contributed by atoms with Gasteiger partial charge in [-0.25, -0.2) is 0 Å². The predicted octanol–water partition coefficient (Wildman–Crippen LogP) is 18.9. The first kappa shape index (κ1) is 65.6. The molecule has 0 rings (SSSR count). The van der Waals surface area contributed by atoms with Gasteiger partial charge in [0.15, 0.2) is 0 Å². The Labute approximate surface area is 419 Å². The Hall–Kier alpha value is -1.40. The minimum Gasteiger partial charge on any atom is -0.466 e. The van der Waals surface area contributed by atoms with Crippen LogP contribution in [0.1, 0.15) is 341 Å². The fraction of sp³-hybridized carbons (Fsp3) is 0.934. The van der Waals surface area contributed by atoms with Crippen LogP contribution in [-0.2, 0) is 14.3 Å². The van der Waals surface area contributed by atoms with Crippen LogP contribution in [-0.4, -0.2) is 47.4 Å². The standard InChI is InChI=1S/C61H119NO5/c1-3-5-7-9-11-13-15-17-19-21-22-23-24-25-26-27-28-29-30-32-34-37-41-45-49-53-59(64)58(57-63)62-60(65)54-50-46-42-38-36-40-44-48-52-56-67-61(66)55-51-47-43-39-35-33-31-20-18-16-14-12-10-8-6-4-2/h38,42,58-59,63-64H,3-37,39-41,43-57H2,1-2H3,(H,62,65)/b42-38-. The second kappa shape index (κ2) is 57.2. The number of carbonyl (C=O) groups is 2. The molecule has 67 heavy (non-hydrogen) atoms. The van der Waals surface area contributed by atoms with Crippen LogP contribution in [0.25, 0.3) is 0 Å². The molecular weight excluding hydrogens is 827 g/mol. The van der Waals surface area contributed by atoms with Crippen molar-refractivity contribution >= 4 is 11.9 Å². The first-order valence-electron chi connectivity index (χ1n) is 30.4. The lowest BCUT2D eigenvalue weighted by atomic mass is 10.0. The molecule has 1 amide bonds. The number of hydrogen-bond donors (Lipinski definition) is 3. The molecule has 0 saturated carbocycles. The third kappa shape index (κ3) is 53.8. The van der Waals surface area contributed by atoms with E-state index in [1.165, 1.54) is 238 Å². The van der Waals surface area contributed by atoms with Crippen LogP contribution in [0.5, 0.6) is 0 Å². The van der Waals surface area contributed by atoms with Gasteiger partial charge in [0.1, 0.15) is 0 Å².